The Morgan fingerprint density at radius 1 is 0.622 bits per heavy atom. The molecular weight excluding hydrogens is 450 g/mol. The molecule has 0 N–H and O–H groups in total. The molecule has 0 spiro atoms. The summed E-state index contributed by atoms with van der Waals surface area (Å²) in [5, 5.41) is 0. The predicted octanol–water partition coefficient (Wildman–Crippen LogP) is 8.68. The Morgan fingerprint density at radius 2 is 1.32 bits per heavy atom. The van der Waals surface area contributed by atoms with E-state index in [2.05, 4.69) is 142 Å². The molecule has 0 bridgehead atoms. The average molecular weight is 484 g/mol. The zero-order chi connectivity index (χ0) is 25.7. The number of fused-ring (bicyclic) bond motifs is 7. The second kappa shape index (κ2) is 7.13. The molecule has 2 heterocycles. The first-order valence-electron chi connectivity index (χ1n) is 13.3. The van der Waals surface area contributed by atoms with E-state index in [1.807, 2.05) is 0 Å². The van der Waals surface area contributed by atoms with Gasteiger partial charge in [-0.1, -0.05) is 86.6 Å². The Bertz CT molecular complexity index is 1700. The number of rotatable bonds is 2. The molecule has 0 saturated carbocycles. The Kier molecular flexibility index (Phi) is 4.31. The molecule has 5 aromatic rings. The van der Waals surface area contributed by atoms with Gasteiger partial charge in [-0.3, -0.25) is 0 Å². The lowest BCUT2D eigenvalue weighted by atomic mass is 9.81. The van der Waals surface area contributed by atoms with Crippen molar-refractivity contribution in [3.8, 4) is 22.3 Å². The fourth-order valence-electron chi connectivity index (χ4n) is 6.78. The molecule has 3 nitrogen and oxygen atoms in total. The Balaban J connectivity index is 1.48. The van der Waals surface area contributed by atoms with Crippen molar-refractivity contribution in [3.63, 3.8) is 0 Å². The number of anilines is 2. The minimum atomic E-state index is -0.184. The van der Waals surface area contributed by atoms with Crippen LogP contribution in [0.5, 0.6) is 0 Å². The third kappa shape index (κ3) is 2.75. The predicted molar refractivity (Wildman–Crippen MR) is 155 cm³/mol. The minimum absolute atomic E-state index is 0.0984. The quantitative estimate of drug-likeness (QED) is 0.250. The van der Waals surface area contributed by atoms with Crippen molar-refractivity contribution in [2.45, 2.75) is 58.0 Å². The maximum absolute atomic E-state index is 5.48. The normalized spacial score (nSPS) is 18.1. The highest BCUT2D eigenvalue weighted by atomic mass is 15.4. The number of aromatic nitrogens is 2. The average Bonchev–Trinajstić information content (AvgIpc) is 3.42. The summed E-state index contributed by atoms with van der Waals surface area (Å²) < 4.78 is 2.48. The van der Waals surface area contributed by atoms with Crippen LogP contribution in [0.3, 0.4) is 0 Å². The first-order chi connectivity index (χ1) is 17.6. The fourth-order valence-corrected chi connectivity index (χ4v) is 6.78. The zero-order valence-electron chi connectivity index (χ0n) is 22.5. The summed E-state index contributed by atoms with van der Waals surface area (Å²) in [6.45, 7) is 14.1. The van der Waals surface area contributed by atoms with Crippen LogP contribution in [0.25, 0.3) is 33.3 Å². The number of hydrogen-bond acceptors (Lipinski definition) is 2. The molecule has 0 unspecified atom stereocenters. The van der Waals surface area contributed by atoms with Crippen LogP contribution < -0.4 is 4.90 Å². The van der Waals surface area contributed by atoms with Gasteiger partial charge in [0.1, 0.15) is 0 Å². The van der Waals surface area contributed by atoms with Crippen LogP contribution in [0, 0.1) is 0 Å². The Labute approximate surface area is 219 Å². The van der Waals surface area contributed by atoms with E-state index in [1.54, 1.807) is 0 Å². The van der Waals surface area contributed by atoms with Gasteiger partial charge in [-0.05, 0) is 79.3 Å². The largest absolute Gasteiger partial charge is 0.304 e. The first kappa shape index (κ1) is 22.4. The summed E-state index contributed by atoms with van der Waals surface area (Å²) in [6, 6.07) is 33.0. The molecule has 1 aromatic heterocycles. The van der Waals surface area contributed by atoms with Crippen molar-refractivity contribution in [1.82, 2.24) is 9.55 Å². The molecule has 1 aliphatic carbocycles. The van der Waals surface area contributed by atoms with Crippen LogP contribution in [0.4, 0.5) is 11.6 Å². The molecule has 0 amide bonds. The SMILES string of the molecule is CC1(C)c2ccccc2-c2ccc3c(nc4n3C(C)(C)C(C)(C)N4c3cccc(-c4ccccc4)c3)c21. The summed E-state index contributed by atoms with van der Waals surface area (Å²) in [7, 11) is 0. The van der Waals surface area contributed by atoms with E-state index in [9.17, 15) is 0 Å². The molecule has 4 aromatic carbocycles. The lowest BCUT2D eigenvalue weighted by molar-refractivity contribution is 0.253. The topological polar surface area (TPSA) is 21.1 Å². The minimum Gasteiger partial charge on any atom is -0.304 e. The lowest BCUT2D eigenvalue weighted by Gasteiger charge is -2.41. The van der Waals surface area contributed by atoms with Gasteiger partial charge in [-0.15, -0.1) is 0 Å². The molecule has 7 rings (SSSR count). The summed E-state index contributed by atoms with van der Waals surface area (Å²) >= 11 is 0. The van der Waals surface area contributed by atoms with E-state index >= 15 is 0 Å². The second-order valence-electron chi connectivity index (χ2n) is 12.1. The standard InChI is InChI=1S/C34H33N3/c1-32(2)27-18-11-10-17-25(27)26-19-20-28-30(29(26)32)35-31-36(33(3,4)34(5,6)37(28)31)24-16-12-15-23(21-24)22-13-8-7-9-14-22/h7-21H,1-6H3. The number of imidazole rings is 1. The van der Waals surface area contributed by atoms with Crippen LogP contribution in [-0.4, -0.2) is 15.1 Å². The highest BCUT2D eigenvalue weighted by Gasteiger charge is 2.54. The number of benzene rings is 4. The molecule has 0 radical (unpaired) electrons. The van der Waals surface area contributed by atoms with Crippen molar-refractivity contribution in [2.24, 2.45) is 0 Å². The monoisotopic (exact) mass is 483 g/mol. The van der Waals surface area contributed by atoms with E-state index in [4.69, 9.17) is 4.98 Å². The van der Waals surface area contributed by atoms with E-state index < -0.39 is 0 Å². The lowest BCUT2D eigenvalue weighted by Crippen LogP contribution is -2.50. The highest BCUT2D eigenvalue weighted by Crippen LogP contribution is 2.56. The first-order valence-corrected chi connectivity index (χ1v) is 13.3. The van der Waals surface area contributed by atoms with Crippen molar-refractivity contribution in [3.05, 3.63) is 102 Å². The van der Waals surface area contributed by atoms with Gasteiger partial charge in [0.25, 0.3) is 0 Å². The fraction of sp³-hybridized carbons (Fsp3) is 0.265. The maximum Gasteiger partial charge on any atom is 0.212 e. The van der Waals surface area contributed by atoms with Crippen LogP contribution in [0.2, 0.25) is 0 Å². The van der Waals surface area contributed by atoms with E-state index in [-0.39, 0.29) is 16.5 Å². The van der Waals surface area contributed by atoms with E-state index in [0.29, 0.717) is 0 Å². The summed E-state index contributed by atoms with van der Waals surface area (Å²) in [6.07, 6.45) is 0. The molecule has 184 valence electrons. The number of hydrogen-bond donors (Lipinski definition) is 0. The third-order valence-corrected chi connectivity index (χ3v) is 9.35. The van der Waals surface area contributed by atoms with Gasteiger partial charge in [-0.25, -0.2) is 4.98 Å². The van der Waals surface area contributed by atoms with Gasteiger partial charge >= 0.3 is 0 Å². The summed E-state index contributed by atoms with van der Waals surface area (Å²) in [5.41, 5.74) is 10.9. The molecular formula is C34H33N3. The van der Waals surface area contributed by atoms with Crippen molar-refractivity contribution < 1.29 is 0 Å². The molecule has 3 heteroatoms. The van der Waals surface area contributed by atoms with Gasteiger partial charge < -0.3 is 9.47 Å². The third-order valence-electron chi connectivity index (χ3n) is 9.35. The van der Waals surface area contributed by atoms with E-state index in [1.165, 1.54) is 44.6 Å². The second-order valence-corrected chi connectivity index (χ2v) is 12.1. The molecule has 1 aliphatic heterocycles. The van der Waals surface area contributed by atoms with Gasteiger partial charge in [0.15, 0.2) is 0 Å². The Hall–Kier alpha value is -3.85. The van der Waals surface area contributed by atoms with Gasteiger partial charge in [0.05, 0.1) is 22.1 Å². The molecule has 2 aliphatic rings. The molecule has 0 saturated heterocycles. The molecule has 37 heavy (non-hydrogen) atoms. The van der Waals surface area contributed by atoms with Crippen LogP contribution in [-0.2, 0) is 11.0 Å². The van der Waals surface area contributed by atoms with Gasteiger partial charge in [0.2, 0.25) is 5.95 Å². The van der Waals surface area contributed by atoms with Crippen molar-refractivity contribution >= 4 is 22.7 Å². The van der Waals surface area contributed by atoms with Crippen LogP contribution in [0.15, 0.2) is 91.0 Å². The molecule has 0 fully saturated rings. The summed E-state index contributed by atoms with van der Waals surface area (Å²) in [4.78, 5) is 7.94. The molecule has 0 atom stereocenters. The highest BCUT2D eigenvalue weighted by molar-refractivity contribution is 5.96. The van der Waals surface area contributed by atoms with Crippen molar-refractivity contribution in [2.75, 3.05) is 4.90 Å². The van der Waals surface area contributed by atoms with Gasteiger partial charge in [-0.2, -0.15) is 0 Å². The zero-order valence-corrected chi connectivity index (χ0v) is 22.5. The van der Waals surface area contributed by atoms with E-state index in [0.717, 1.165) is 11.5 Å². The van der Waals surface area contributed by atoms with Crippen LogP contribution in [0.1, 0.15) is 52.7 Å². The summed E-state index contributed by atoms with van der Waals surface area (Å²) in [5.74, 6) is 1.02. The van der Waals surface area contributed by atoms with Crippen molar-refractivity contribution in [1.29, 1.82) is 0 Å². The maximum atomic E-state index is 5.48. The Morgan fingerprint density at radius 3 is 2.11 bits per heavy atom. The van der Waals surface area contributed by atoms with Crippen LogP contribution >= 0.6 is 0 Å². The van der Waals surface area contributed by atoms with Gasteiger partial charge in [0, 0.05) is 11.1 Å². The number of nitrogens with zero attached hydrogens (tertiary/aromatic N) is 3. The smallest absolute Gasteiger partial charge is 0.212 e.